The van der Waals surface area contributed by atoms with Crippen molar-refractivity contribution in [1.82, 2.24) is 10.6 Å². The van der Waals surface area contributed by atoms with Crippen LogP contribution in [0.5, 0.6) is 0 Å². The third-order valence-electron chi connectivity index (χ3n) is 18.8. The smallest absolute Gasteiger partial charge is 0.220 e. The molecule has 556 valence electrons. The molecule has 22 atom stereocenters. The number of unbranched alkanes of at least 4 members (excludes halogenated alkanes) is 30. The van der Waals surface area contributed by atoms with Gasteiger partial charge in [0, 0.05) is 13.3 Å². The second-order valence-corrected chi connectivity index (χ2v) is 26.8. The quantitative estimate of drug-likeness (QED) is 0.0290. The molecule has 0 bridgehead atoms. The normalized spacial score (nSPS) is 32.1. The van der Waals surface area contributed by atoms with E-state index in [1.165, 1.54) is 154 Å². The van der Waals surface area contributed by atoms with Gasteiger partial charge in [-0.15, -0.1) is 0 Å². The number of amides is 2. The summed E-state index contributed by atoms with van der Waals surface area (Å²) in [6, 6.07) is -2.56. The Morgan fingerprint density at radius 3 is 1.21 bits per heavy atom. The Morgan fingerprint density at radius 2 is 0.779 bits per heavy atom. The van der Waals surface area contributed by atoms with Gasteiger partial charge in [0.15, 0.2) is 25.2 Å². The molecular formula is C70H128N2O23. The summed E-state index contributed by atoms with van der Waals surface area (Å²) in [5.41, 5.74) is 0. The third-order valence-corrected chi connectivity index (χ3v) is 18.8. The molecule has 4 aliphatic rings. The highest BCUT2D eigenvalue weighted by Crippen LogP contribution is 2.35. The molecule has 0 spiro atoms. The van der Waals surface area contributed by atoms with Gasteiger partial charge >= 0.3 is 0 Å². The molecule has 95 heavy (non-hydrogen) atoms. The standard InChI is InChI=1S/C70H128N2O23/c1-4-6-8-10-12-14-16-18-19-20-21-22-23-24-25-26-27-29-31-33-35-37-39-41-54(79)72-48(49(78)40-38-36-34-32-30-28-17-15-13-11-9-7-5-2)46-88-68-61(85)60(84)64(53(45-76)92-68)93-69-63(87)66(58(82)52(44-75)90-69)95-70-62(86)65(57(81)51(43-74)91-70)94-67-55(71-47(3)77)59(83)56(80)50(42-73)89-67/h18-19,38,40,48-53,55-70,73-76,78,80-87H,4-17,20-37,39,41-46H2,1-3H3,(H,71,77)(H,72,79)/b19-18-,40-38+/t48-,49+,50?,51?,52?,53?,55?,56+,57-,58-,59+,60+,61?,62?,63?,64+,65-,66-,67-,68+,69-,70+/m0/s1. The van der Waals surface area contributed by atoms with Crippen LogP contribution in [-0.4, -0.2) is 246 Å². The van der Waals surface area contributed by atoms with Crippen LogP contribution in [0.3, 0.4) is 0 Å². The number of ether oxygens (including phenoxy) is 8. The minimum Gasteiger partial charge on any atom is -0.394 e. The van der Waals surface area contributed by atoms with Gasteiger partial charge in [0.1, 0.15) is 97.6 Å². The molecular weight excluding hydrogens is 1240 g/mol. The number of hydrogen-bond acceptors (Lipinski definition) is 23. The third kappa shape index (κ3) is 30.8. The molecule has 25 nitrogen and oxygen atoms in total. The molecule has 0 aromatic heterocycles. The Balaban J connectivity index is 1.30. The van der Waals surface area contributed by atoms with Crippen molar-refractivity contribution in [3.8, 4) is 0 Å². The van der Waals surface area contributed by atoms with Crippen molar-refractivity contribution in [3.05, 3.63) is 24.3 Å². The summed E-state index contributed by atoms with van der Waals surface area (Å²) >= 11 is 0. The molecule has 15 N–H and O–H groups in total. The van der Waals surface area contributed by atoms with Crippen molar-refractivity contribution in [2.75, 3.05) is 33.0 Å². The van der Waals surface area contributed by atoms with Gasteiger partial charge in [-0.1, -0.05) is 205 Å². The number of carbonyl (C=O) groups is 2. The van der Waals surface area contributed by atoms with Crippen molar-refractivity contribution in [3.63, 3.8) is 0 Å². The summed E-state index contributed by atoms with van der Waals surface area (Å²) in [4.78, 5) is 25.6. The predicted molar refractivity (Wildman–Crippen MR) is 354 cm³/mol. The first-order valence-corrected chi connectivity index (χ1v) is 36.6. The van der Waals surface area contributed by atoms with E-state index in [0.29, 0.717) is 12.8 Å². The molecule has 0 aromatic carbocycles. The number of rotatable bonds is 52. The first kappa shape index (κ1) is 85.0. The van der Waals surface area contributed by atoms with Crippen LogP contribution in [0.15, 0.2) is 24.3 Å². The van der Waals surface area contributed by atoms with Crippen molar-refractivity contribution >= 4 is 11.8 Å². The SMILES string of the molecule is CCCCCCCC/C=C\CCCCCCCCCCCCCCCC(=O)N[C@@H](CO[C@@H]1OC(CO)[C@@H](O[C@@H]2OC(CO)[C@H](O)[C@H](O[C@H]3OC(CO)[C@H](O)[C@H](O[C@@H]4OC(CO)[C@@H](O)[C@H](O)C4NC(C)=O)C3O)C2O)[C@H](O)C1O)[C@H](O)/C=C/CCCCCCCCCCCCC. The van der Waals surface area contributed by atoms with E-state index in [4.69, 9.17) is 37.9 Å². The fourth-order valence-corrected chi connectivity index (χ4v) is 12.8. The number of hydrogen-bond donors (Lipinski definition) is 15. The average Bonchev–Trinajstić information content (AvgIpc) is 0.794. The predicted octanol–water partition coefficient (Wildman–Crippen LogP) is 4.68. The second kappa shape index (κ2) is 50.0. The topological polar surface area (TPSA) is 395 Å². The summed E-state index contributed by atoms with van der Waals surface area (Å²) in [7, 11) is 0. The summed E-state index contributed by atoms with van der Waals surface area (Å²) in [6.07, 6.45) is 11.9. The maximum absolute atomic E-state index is 13.5. The van der Waals surface area contributed by atoms with Crippen molar-refractivity contribution in [2.24, 2.45) is 0 Å². The summed E-state index contributed by atoms with van der Waals surface area (Å²) in [5, 5.41) is 148. The van der Waals surface area contributed by atoms with E-state index in [-0.39, 0.29) is 12.3 Å². The Bertz CT molecular complexity index is 2020. The van der Waals surface area contributed by atoms with Gasteiger partial charge in [0.05, 0.1) is 45.2 Å². The van der Waals surface area contributed by atoms with Gasteiger partial charge in [-0.3, -0.25) is 9.59 Å². The van der Waals surface area contributed by atoms with Crippen molar-refractivity contribution in [1.29, 1.82) is 0 Å². The highest BCUT2D eigenvalue weighted by molar-refractivity contribution is 5.76. The van der Waals surface area contributed by atoms with Crippen LogP contribution in [0, 0.1) is 0 Å². The van der Waals surface area contributed by atoms with Gasteiger partial charge in [0.25, 0.3) is 0 Å². The number of allylic oxidation sites excluding steroid dienone is 3. The minimum absolute atomic E-state index is 0.209. The Kier molecular flexibility index (Phi) is 44.7. The molecule has 0 aromatic rings. The molecule has 0 saturated carbocycles. The van der Waals surface area contributed by atoms with E-state index >= 15 is 0 Å². The maximum atomic E-state index is 13.5. The Hall–Kier alpha value is -2.42. The number of aliphatic hydroxyl groups is 13. The molecule has 25 heteroatoms. The lowest BCUT2D eigenvalue weighted by Crippen LogP contribution is -2.69. The number of aliphatic hydroxyl groups excluding tert-OH is 13. The zero-order valence-corrected chi connectivity index (χ0v) is 57.5. The zero-order valence-electron chi connectivity index (χ0n) is 57.5. The number of nitrogens with one attached hydrogen (secondary N) is 2. The monoisotopic (exact) mass is 1360 g/mol. The van der Waals surface area contributed by atoms with E-state index in [9.17, 15) is 76.0 Å². The molecule has 4 heterocycles. The van der Waals surface area contributed by atoms with E-state index in [1.807, 2.05) is 6.08 Å². The van der Waals surface area contributed by atoms with Gasteiger partial charge in [-0.2, -0.15) is 0 Å². The summed E-state index contributed by atoms with van der Waals surface area (Å²) in [6.45, 7) is 1.59. The maximum Gasteiger partial charge on any atom is 0.220 e. The zero-order chi connectivity index (χ0) is 69.3. The Labute approximate surface area is 565 Å². The number of carbonyl (C=O) groups excluding carboxylic acids is 2. The molecule has 0 radical (unpaired) electrons. The fraction of sp³-hybridized carbons (Fsp3) is 0.914. The summed E-state index contributed by atoms with van der Waals surface area (Å²) < 4.78 is 46.6. The molecule has 2 amide bonds. The van der Waals surface area contributed by atoms with Gasteiger partial charge in [0.2, 0.25) is 11.8 Å². The average molecular weight is 1370 g/mol. The first-order valence-electron chi connectivity index (χ1n) is 36.6. The second-order valence-electron chi connectivity index (χ2n) is 26.8. The largest absolute Gasteiger partial charge is 0.394 e. The van der Waals surface area contributed by atoms with Gasteiger partial charge < -0.3 is 115 Å². The first-order chi connectivity index (χ1) is 46.0. The fourth-order valence-electron chi connectivity index (χ4n) is 12.8. The van der Waals surface area contributed by atoms with Crippen LogP contribution in [-0.2, 0) is 47.5 Å². The molecule has 4 fully saturated rings. The molecule has 8 unspecified atom stereocenters. The van der Waals surface area contributed by atoms with Crippen LogP contribution in [0.25, 0.3) is 0 Å². The minimum atomic E-state index is -2.11. The molecule has 4 aliphatic heterocycles. The van der Waals surface area contributed by atoms with Crippen LogP contribution in [0.2, 0.25) is 0 Å². The lowest BCUT2D eigenvalue weighted by molar-refractivity contribution is -0.387. The van der Waals surface area contributed by atoms with Crippen LogP contribution >= 0.6 is 0 Å². The van der Waals surface area contributed by atoms with Crippen LogP contribution < -0.4 is 10.6 Å². The highest BCUT2D eigenvalue weighted by atomic mass is 16.8. The highest BCUT2D eigenvalue weighted by Gasteiger charge is 2.56. The van der Waals surface area contributed by atoms with Crippen LogP contribution in [0.4, 0.5) is 0 Å². The Morgan fingerprint density at radius 1 is 0.411 bits per heavy atom. The summed E-state index contributed by atoms with van der Waals surface area (Å²) in [5.74, 6) is -1.02. The van der Waals surface area contributed by atoms with Gasteiger partial charge in [-0.25, -0.2) is 0 Å². The lowest BCUT2D eigenvalue weighted by Gasteiger charge is -2.49. The van der Waals surface area contributed by atoms with Crippen LogP contribution in [0.1, 0.15) is 239 Å². The van der Waals surface area contributed by atoms with Crippen molar-refractivity contribution in [2.45, 2.75) is 374 Å². The van der Waals surface area contributed by atoms with E-state index in [0.717, 1.165) is 51.9 Å². The van der Waals surface area contributed by atoms with E-state index in [2.05, 4.69) is 36.6 Å². The lowest BCUT2D eigenvalue weighted by atomic mass is 9.95. The molecule has 4 saturated heterocycles. The molecule has 0 aliphatic carbocycles. The molecule has 4 rings (SSSR count). The van der Waals surface area contributed by atoms with Crippen molar-refractivity contribution < 1.29 is 114 Å². The van der Waals surface area contributed by atoms with E-state index < -0.39 is 174 Å². The van der Waals surface area contributed by atoms with E-state index in [1.54, 1.807) is 6.08 Å². The van der Waals surface area contributed by atoms with Gasteiger partial charge in [-0.05, 0) is 44.9 Å².